The molecule has 1 amide bonds. The van der Waals surface area contributed by atoms with Crippen molar-refractivity contribution in [2.24, 2.45) is 5.92 Å². The van der Waals surface area contributed by atoms with Crippen LogP contribution in [0, 0.1) is 5.92 Å². The first-order valence-electron chi connectivity index (χ1n) is 6.32. The molecule has 0 aromatic heterocycles. The van der Waals surface area contributed by atoms with E-state index in [1.807, 2.05) is 0 Å². The van der Waals surface area contributed by atoms with Gasteiger partial charge in [0.25, 0.3) is 0 Å². The number of carbonyl (C=O) groups excluding carboxylic acids is 3. The van der Waals surface area contributed by atoms with E-state index in [1.165, 1.54) is 4.90 Å². The maximum atomic E-state index is 11.9. The van der Waals surface area contributed by atoms with Crippen LogP contribution >= 0.6 is 0 Å². The molecule has 1 fully saturated rings. The van der Waals surface area contributed by atoms with E-state index >= 15 is 0 Å². The average molecular weight is 276 g/mol. The van der Waals surface area contributed by atoms with Crippen LogP contribution in [-0.2, 0) is 14.3 Å². The summed E-state index contributed by atoms with van der Waals surface area (Å²) in [6.45, 7) is 1.92. The molecule has 1 aliphatic heterocycles. The fourth-order valence-electron chi connectivity index (χ4n) is 2.19. The summed E-state index contributed by atoms with van der Waals surface area (Å²) in [6.07, 6.45) is -0.112. The van der Waals surface area contributed by atoms with E-state index in [2.05, 4.69) is 0 Å². The second-order valence-electron chi connectivity index (χ2n) is 4.46. The predicted octanol–water partition coefficient (Wildman–Crippen LogP) is -0.0339. The third kappa shape index (κ3) is 2.64. The Kier molecular flexibility index (Phi) is 4.02. The number of para-hydroxylation sites is 1. The monoisotopic (exact) mass is 276 g/mol. The lowest BCUT2D eigenvalue weighted by atomic mass is 10.1. The van der Waals surface area contributed by atoms with E-state index in [1.54, 1.807) is 31.2 Å². The van der Waals surface area contributed by atoms with Crippen molar-refractivity contribution < 1.29 is 24.2 Å². The second-order valence-corrected chi connectivity index (χ2v) is 4.46. The van der Waals surface area contributed by atoms with Crippen LogP contribution in [0.5, 0.6) is 0 Å². The van der Waals surface area contributed by atoms with E-state index in [9.17, 15) is 19.5 Å². The topological polar surface area (TPSA) is 86.7 Å². The molecule has 1 heterocycles. The van der Waals surface area contributed by atoms with Crippen LogP contribution in [0.25, 0.3) is 0 Å². The number of rotatable bonds is 4. The summed E-state index contributed by atoms with van der Waals surface area (Å²) in [5.41, 5.74) is 0.626. The molecule has 0 spiro atoms. The number of carboxylic acids is 1. The largest absolute Gasteiger partial charge is 0.550 e. The number of hydrogen-bond donors (Lipinski definition) is 0. The normalized spacial score (nSPS) is 18.1. The van der Waals surface area contributed by atoms with Crippen LogP contribution in [0.4, 0.5) is 5.69 Å². The number of carboxylic acid groups (broad SMARTS) is 1. The van der Waals surface area contributed by atoms with Crippen molar-refractivity contribution in [1.82, 2.24) is 0 Å². The Morgan fingerprint density at radius 1 is 1.40 bits per heavy atom. The zero-order valence-electron chi connectivity index (χ0n) is 11.0. The van der Waals surface area contributed by atoms with Gasteiger partial charge in [0, 0.05) is 24.9 Å². The molecule has 2 rings (SSSR count). The molecule has 0 radical (unpaired) electrons. The van der Waals surface area contributed by atoms with Crippen LogP contribution in [0.2, 0.25) is 0 Å². The summed E-state index contributed by atoms with van der Waals surface area (Å²) in [6, 6.07) is 6.49. The van der Waals surface area contributed by atoms with E-state index in [4.69, 9.17) is 4.74 Å². The summed E-state index contributed by atoms with van der Waals surface area (Å²) < 4.78 is 4.93. The molecular formula is C14H14NO5-. The van der Waals surface area contributed by atoms with Crippen LogP contribution in [-0.4, -0.2) is 31.0 Å². The highest BCUT2D eigenvalue weighted by Crippen LogP contribution is 2.28. The Morgan fingerprint density at radius 2 is 2.10 bits per heavy atom. The summed E-state index contributed by atoms with van der Waals surface area (Å²) in [4.78, 5) is 35.9. The maximum absolute atomic E-state index is 11.9. The lowest BCUT2D eigenvalue weighted by Gasteiger charge is -2.19. The number of amides is 1. The molecule has 1 unspecified atom stereocenters. The Bertz CT molecular complexity index is 554. The number of benzene rings is 1. The summed E-state index contributed by atoms with van der Waals surface area (Å²) in [5.74, 6) is -2.98. The lowest BCUT2D eigenvalue weighted by Crippen LogP contribution is -2.34. The third-order valence-corrected chi connectivity index (χ3v) is 3.15. The molecule has 1 aliphatic rings. The highest BCUT2D eigenvalue weighted by Gasteiger charge is 2.33. The molecule has 0 aliphatic carbocycles. The van der Waals surface area contributed by atoms with Gasteiger partial charge in [0.05, 0.1) is 17.9 Å². The number of ether oxygens (including phenoxy) is 1. The van der Waals surface area contributed by atoms with Crippen molar-refractivity contribution in [2.75, 3.05) is 18.1 Å². The number of nitrogens with zero attached hydrogens (tertiary/aromatic N) is 1. The minimum Gasteiger partial charge on any atom is -0.550 e. The highest BCUT2D eigenvalue weighted by atomic mass is 16.5. The number of anilines is 1. The van der Waals surface area contributed by atoms with Gasteiger partial charge in [0.2, 0.25) is 5.91 Å². The van der Waals surface area contributed by atoms with Crippen molar-refractivity contribution in [3.8, 4) is 0 Å². The van der Waals surface area contributed by atoms with Gasteiger partial charge in [-0.1, -0.05) is 12.1 Å². The Labute approximate surface area is 115 Å². The molecule has 106 valence electrons. The molecule has 1 aromatic rings. The van der Waals surface area contributed by atoms with Gasteiger partial charge in [-0.05, 0) is 19.1 Å². The van der Waals surface area contributed by atoms with Gasteiger partial charge in [-0.3, -0.25) is 4.79 Å². The van der Waals surface area contributed by atoms with Crippen molar-refractivity contribution in [1.29, 1.82) is 0 Å². The van der Waals surface area contributed by atoms with Gasteiger partial charge in [-0.25, -0.2) is 4.79 Å². The highest BCUT2D eigenvalue weighted by molar-refractivity contribution is 6.05. The van der Waals surface area contributed by atoms with E-state index in [0.29, 0.717) is 5.69 Å². The SMILES string of the molecule is CCOC(=O)c1ccccc1N1CC(C(=O)[O-])CC1=O. The first-order chi connectivity index (χ1) is 9.54. The van der Waals surface area contributed by atoms with Crippen molar-refractivity contribution in [2.45, 2.75) is 13.3 Å². The van der Waals surface area contributed by atoms with Gasteiger partial charge in [-0.2, -0.15) is 0 Å². The summed E-state index contributed by atoms with van der Waals surface area (Å²) in [7, 11) is 0. The zero-order chi connectivity index (χ0) is 14.7. The maximum Gasteiger partial charge on any atom is 0.340 e. The van der Waals surface area contributed by atoms with Crippen molar-refractivity contribution in [3.63, 3.8) is 0 Å². The van der Waals surface area contributed by atoms with E-state index in [0.717, 1.165) is 0 Å². The molecule has 1 aromatic carbocycles. The van der Waals surface area contributed by atoms with Gasteiger partial charge in [0.15, 0.2) is 0 Å². The lowest BCUT2D eigenvalue weighted by molar-refractivity contribution is -0.310. The van der Waals surface area contributed by atoms with Gasteiger partial charge >= 0.3 is 5.97 Å². The number of aliphatic carboxylic acids is 1. The number of hydrogen-bond acceptors (Lipinski definition) is 5. The van der Waals surface area contributed by atoms with Gasteiger partial charge in [0.1, 0.15) is 0 Å². The molecule has 0 bridgehead atoms. The Hall–Kier alpha value is -2.37. The molecule has 1 atom stereocenters. The zero-order valence-corrected chi connectivity index (χ0v) is 11.0. The summed E-state index contributed by atoms with van der Waals surface area (Å²) >= 11 is 0. The third-order valence-electron chi connectivity index (χ3n) is 3.15. The number of esters is 1. The van der Waals surface area contributed by atoms with Gasteiger partial charge in [-0.15, -0.1) is 0 Å². The molecule has 0 N–H and O–H groups in total. The first-order valence-corrected chi connectivity index (χ1v) is 6.32. The quantitative estimate of drug-likeness (QED) is 0.720. The minimum atomic E-state index is -1.26. The average Bonchev–Trinajstić information content (AvgIpc) is 2.81. The Morgan fingerprint density at radius 3 is 2.70 bits per heavy atom. The molecule has 6 nitrogen and oxygen atoms in total. The summed E-state index contributed by atoms with van der Waals surface area (Å²) in [5, 5.41) is 10.9. The van der Waals surface area contributed by atoms with E-state index in [-0.39, 0.29) is 31.0 Å². The Balaban J connectivity index is 2.31. The molecular weight excluding hydrogens is 262 g/mol. The molecule has 6 heteroatoms. The molecule has 0 saturated carbocycles. The van der Waals surface area contributed by atoms with Crippen LogP contribution in [0.1, 0.15) is 23.7 Å². The van der Waals surface area contributed by atoms with Crippen molar-refractivity contribution in [3.05, 3.63) is 29.8 Å². The van der Waals surface area contributed by atoms with Crippen LogP contribution in [0.15, 0.2) is 24.3 Å². The molecule has 1 saturated heterocycles. The fourth-order valence-corrected chi connectivity index (χ4v) is 2.19. The van der Waals surface area contributed by atoms with Gasteiger partial charge < -0.3 is 19.5 Å². The van der Waals surface area contributed by atoms with E-state index < -0.39 is 17.9 Å². The van der Waals surface area contributed by atoms with Crippen molar-refractivity contribution >= 4 is 23.5 Å². The first kappa shape index (κ1) is 14.0. The second kappa shape index (κ2) is 5.73. The minimum absolute atomic E-state index is 0.0115. The standard InChI is InChI=1S/C14H15NO5/c1-2-20-14(19)10-5-3-4-6-11(10)15-8-9(13(17)18)7-12(15)16/h3-6,9H,2,7-8H2,1H3,(H,17,18)/p-1. The van der Waals surface area contributed by atoms with Crippen LogP contribution < -0.4 is 10.0 Å². The smallest absolute Gasteiger partial charge is 0.340 e. The predicted molar refractivity (Wildman–Crippen MR) is 67.9 cm³/mol. The van der Waals surface area contributed by atoms with Crippen LogP contribution in [0.3, 0.4) is 0 Å². The fraction of sp³-hybridized carbons (Fsp3) is 0.357. The molecule has 20 heavy (non-hydrogen) atoms. The number of carbonyl (C=O) groups is 3.